The van der Waals surface area contributed by atoms with E-state index in [0.29, 0.717) is 34.1 Å². The van der Waals surface area contributed by atoms with Crippen LogP contribution in [0.4, 0.5) is 0 Å². The van der Waals surface area contributed by atoms with Crippen molar-refractivity contribution >= 4 is 75.0 Å². The van der Waals surface area contributed by atoms with Crippen LogP contribution in [0, 0.1) is 3.57 Å². The Balaban J connectivity index is 1.90. The molecule has 0 amide bonds. The van der Waals surface area contributed by atoms with Crippen LogP contribution in [0.3, 0.4) is 0 Å². The second kappa shape index (κ2) is 20.0. The van der Waals surface area contributed by atoms with Crippen LogP contribution < -0.4 is 4.74 Å². The van der Waals surface area contributed by atoms with Gasteiger partial charge >= 0.3 is 29.8 Å². The maximum atomic E-state index is 12.9. The van der Waals surface area contributed by atoms with Gasteiger partial charge in [-0.1, -0.05) is 48.9 Å². The van der Waals surface area contributed by atoms with Gasteiger partial charge in [-0.3, -0.25) is 0 Å². The van der Waals surface area contributed by atoms with Crippen molar-refractivity contribution in [3.05, 3.63) is 78.0 Å². The molecule has 0 spiro atoms. The van der Waals surface area contributed by atoms with E-state index in [1.54, 1.807) is 18.2 Å². The average molecular weight is 852 g/mol. The van der Waals surface area contributed by atoms with E-state index in [1.807, 2.05) is 22.6 Å². The lowest BCUT2D eigenvalue weighted by Gasteiger charge is -2.33. The molecule has 12 nitrogen and oxygen atoms in total. The first-order valence-corrected chi connectivity index (χ1v) is 15.9. The summed E-state index contributed by atoms with van der Waals surface area (Å²) < 4.78 is 38.4. The van der Waals surface area contributed by atoms with Crippen molar-refractivity contribution in [3.8, 4) is 5.75 Å². The van der Waals surface area contributed by atoms with E-state index in [2.05, 4.69) is 48.9 Å². The van der Waals surface area contributed by atoms with E-state index < -0.39 is 42.1 Å². The van der Waals surface area contributed by atoms with E-state index in [1.165, 1.54) is 0 Å². The topological polar surface area (TPSA) is 150 Å². The van der Waals surface area contributed by atoms with Gasteiger partial charge in [-0.25, -0.2) is 24.0 Å². The zero-order chi connectivity index (χ0) is 33.4. The number of rotatable bonds is 18. The Hall–Kier alpha value is -3.25. The smallest absolute Gasteiger partial charge is 0.338 e. The molecule has 0 N–H and O–H groups in total. The number of ether oxygens (including phenoxy) is 7. The number of carbonyl (C=O) groups is 5. The molecule has 0 saturated heterocycles. The standard InChI is InChI=1S/C31H34I2O12/c1-5-27(34)41-17-21(43-29(36)7-3)15-39-25-11-9-19(13-23(25)32)31(38)45-20-10-12-26(24(33)14-20)40-16-22(44-30(37)8-4)18-42-28(35)6-2/h5-9,11,13,20-22,24,26H,1-4,10,12,14-18H2. The molecular formula is C31H34I2O12. The Morgan fingerprint density at radius 2 is 1.36 bits per heavy atom. The fraction of sp³-hybridized carbons (Fsp3) is 0.387. The molecule has 45 heavy (non-hydrogen) atoms. The second-order valence-electron chi connectivity index (χ2n) is 9.38. The minimum absolute atomic E-state index is 0.00287. The van der Waals surface area contributed by atoms with Gasteiger partial charge in [0.25, 0.3) is 0 Å². The summed E-state index contributed by atoms with van der Waals surface area (Å²) in [7, 11) is 0. The summed E-state index contributed by atoms with van der Waals surface area (Å²) >= 11 is 4.24. The lowest BCUT2D eigenvalue weighted by Crippen LogP contribution is -2.39. The number of benzene rings is 1. The normalized spacial score (nSPS) is 18.6. The highest BCUT2D eigenvalue weighted by Crippen LogP contribution is 2.31. The van der Waals surface area contributed by atoms with Gasteiger partial charge in [0.1, 0.15) is 31.7 Å². The molecule has 1 aliphatic carbocycles. The van der Waals surface area contributed by atoms with Gasteiger partial charge in [0.05, 0.1) is 21.8 Å². The molecule has 14 heteroatoms. The highest BCUT2D eigenvalue weighted by atomic mass is 127. The van der Waals surface area contributed by atoms with Gasteiger partial charge in [-0.05, 0) is 60.1 Å². The second-order valence-corrected chi connectivity index (χ2v) is 12.1. The third-order valence-electron chi connectivity index (χ3n) is 6.08. The fourth-order valence-electron chi connectivity index (χ4n) is 3.85. The minimum atomic E-state index is -0.900. The number of carbonyl (C=O) groups excluding carboxylic acids is 5. The van der Waals surface area contributed by atoms with Crippen molar-refractivity contribution in [2.45, 2.75) is 47.6 Å². The summed E-state index contributed by atoms with van der Waals surface area (Å²) in [5.41, 5.74) is 0.325. The number of hydrogen-bond donors (Lipinski definition) is 0. The molecule has 0 aromatic heterocycles. The first kappa shape index (κ1) is 37.9. The van der Waals surface area contributed by atoms with Crippen LogP contribution in [-0.4, -0.2) is 84.6 Å². The molecule has 0 heterocycles. The van der Waals surface area contributed by atoms with Gasteiger partial charge < -0.3 is 33.2 Å². The maximum absolute atomic E-state index is 12.9. The molecule has 1 fully saturated rings. The highest BCUT2D eigenvalue weighted by molar-refractivity contribution is 14.1. The number of esters is 5. The predicted octanol–water partition coefficient (Wildman–Crippen LogP) is 4.22. The lowest BCUT2D eigenvalue weighted by atomic mass is 9.94. The van der Waals surface area contributed by atoms with E-state index in [9.17, 15) is 24.0 Å². The van der Waals surface area contributed by atoms with Crippen molar-refractivity contribution < 1.29 is 57.1 Å². The Morgan fingerprint density at radius 3 is 1.87 bits per heavy atom. The third-order valence-corrected chi connectivity index (χ3v) is 8.24. The summed E-state index contributed by atoms with van der Waals surface area (Å²) in [4.78, 5) is 59.0. The molecule has 0 radical (unpaired) electrons. The number of halogens is 2. The third kappa shape index (κ3) is 13.7. The summed E-state index contributed by atoms with van der Waals surface area (Å²) in [6, 6.07) is 4.76. The number of hydrogen-bond acceptors (Lipinski definition) is 12. The molecular weight excluding hydrogens is 818 g/mol. The van der Waals surface area contributed by atoms with Crippen molar-refractivity contribution in [3.63, 3.8) is 0 Å². The SMILES string of the molecule is C=CC(=O)OCC(COc1ccc(C(=O)OC2CCC(OCC(COC(=O)C=C)OC(=O)C=C)C(I)C2)cc1I)OC(=O)C=C. The Labute approximate surface area is 288 Å². The van der Waals surface area contributed by atoms with Gasteiger partial charge in [0.15, 0.2) is 12.2 Å². The molecule has 1 saturated carbocycles. The highest BCUT2D eigenvalue weighted by Gasteiger charge is 2.33. The minimum Gasteiger partial charge on any atom is -0.488 e. The Bertz CT molecular complexity index is 1260. The van der Waals surface area contributed by atoms with Gasteiger partial charge in [-0.15, -0.1) is 0 Å². The molecule has 5 atom stereocenters. The summed E-state index contributed by atoms with van der Waals surface area (Å²) in [5.74, 6) is -2.77. The van der Waals surface area contributed by atoms with Crippen LogP contribution in [0.5, 0.6) is 5.75 Å². The quantitative estimate of drug-likeness (QED) is 0.0685. The summed E-state index contributed by atoms with van der Waals surface area (Å²) in [6.07, 6.45) is 3.41. The predicted molar refractivity (Wildman–Crippen MR) is 178 cm³/mol. The van der Waals surface area contributed by atoms with Crippen molar-refractivity contribution in [1.29, 1.82) is 0 Å². The van der Waals surface area contributed by atoms with Crippen LogP contribution in [-0.2, 0) is 47.6 Å². The summed E-state index contributed by atoms with van der Waals surface area (Å²) in [6.45, 7) is 12.8. The Morgan fingerprint density at radius 1 is 0.800 bits per heavy atom. The molecule has 1 aromatic rings. The largest absolute Gasteiger partial charge is 0.488 e. The molecule has 1 aliphatic rings. The molecule has 0 bridgehead atoms. The van der Waals surface area contributed by atoms with Crippen LogP contribution in [0.2, 0.25) is 0 Å². The van der Waals surface area contributed by atoms with Crippen LogP contribution in [0.15, 0.2) is 68.8 Å². The molecule has 2 rings (SSSR count). The van der Waals surface area contributed by atoms with Crippen LogP contribution >= 0.6 is 45.2 Å². The first-order chi connectivity index (χ1) is 21.5. The lowest BCUT2D eigenvalue weighted by molar-refractivity contribution is -0.158. The maximum Gasteiger partial charge on any atom is 0.338 e. The van der Waals surface area contributed by atoms with Crippen molar-refractivity contribution in [2.24, 2.45) is 0 Å². The van der Waals surface area contributed by atoms with E-state index in [0.717, 1.165) is 24.3 Å². The van der Waals surface area contributed by atoms with Crippen molar-refractivity contribution in [2.75, 3.05) is 26.4 Å². The summed E-state index contributed by atoms with van der Waals surface area (Å²) in [5, 5.41) is 0. The van der Waals surface area contributed by atoms with E-state index in [4.69, 9.17) is 33.2 Å². The first-order valence-electron chi connectivity index (χ1n) is 13.6. The van der Waals surface area contributed by atoms with E-state index in [-0.39, 0.29) is 42.6 Å². The fourth-order valence-corrected chi connectivity index (χ4v) is 5.65. The average Bonchev–Trinajstić information content (AvgIpc) is 3.03. The molecule has 5 unspecified atom stereocenters. The molecule has 0 aliphatic heterocycles. The monoisotopic (exact) mass is 852 g/mol. The van der Waals surface area contributed by atoms with Crippen LogP contribution in [0.25, 0.3) is 0 Å². The zero-order valence-corrected chi connectivity index (χ0v) is 28.7. The van der Waals surface area contributed by atoms with Gasteiger partial charge in [0, 0.05) is 28.2 Å². The van der Waals surface area contributed by atoms with Crippen LogP contribution in [0.1, 0.15) is 29.6 Å². The van der Waals surface area contributed by atoms with Gasteiger partial charge in [0.2, 0.25) is 0 Å². The van der Waals surface area contributed by atoms with E-state index >= 15 is 0 Å². The van der Waals surface area contributed by atoms with Crippen molar-refractivity contribution in [1.82, 2.24) is 0 Å². The Kier molecular flexibility index (Phi) is 16.9. The zero-order valence-electron chi connectivity index (χ0n) is 24.4. The number of alkyl halides is 1. The molecule has 1 aromatic carbocycles. The van der Waals surface area contributed by atoms with Gasteiger partial charge in [-0.2, -0.15) is 0 Å². The molecule has 244 valence electrons.